The number of carbonyl (C=O) groups is 2. The fraction of sp³-hybridized carbons (Fsp3) is 0.263. The third kappa shape index (κ3) is 2.55. The average molecular weight is 338 g/mol. The lowest BCUT2D eigenvalue weighted by molar-refractivity contribution is -0.146. The molecule has 0 spiro atoms. The average Bonchev–Trinajstić information content (AvgIpc) is 2.93. The Morgan fingerprint density at radius 1 is 1.08 bits per heavy atom. The van der Waals surface area contributed by atoms with Crippen LogP contribution in [0.2, 0.25) is 0 Å². The van der Waals surface area contributed by atoms with E-state index < -0.39 is 12.0 Å². The smallest absolute Gasteiger partial charge is 0.345 e. The number of fused-ring (bicyclic) bond motifs is 4. The van der Waals surface area contributed by atoms with Crippen molar-refractivity contribution in [1.29, 1.82) is 0 Å². The second-order valence-electron chi connectivity index (χ2n) is 6.09. The number of hydroxylamine groups is 2. The van der Waals surface area contributed by atoms with E-state index in [-0.39, 0.29) is 12.1 Å². The quantitative estimate of drug-likeness (QED) is 0.805. The van der Waals surface area contributed by atoms with Crippen molar-refractivity contribution in [2.75, 3.05) is 13.7 Å². The van der Waals surface area contributed by atoms with Gasteiger partial charge in [-0.05, 0) is 16.7 Å². The molecule has 0 N–H and O–H groups in total. The second-order valence-corrected chi connectivity index (χ2v) is 6.09. The minimum atomic E-state index is -0.727. The number of methoxy groups -OCH3 is 1. The Hall–Kier alpha value is -2.86. The maximum absolute atomic E-state index is 12.8. The van der Waals surface area contributed by atoms with Crippen LogP contribution < -0.4 is 0 Å². The molecule has 0 unspecified atom stereocenters. The fourth-order valence-corrected chi connectivity index (χ4v) is 3.50. The summed E-state index contributed by atoms with van der Waals surface area (Å²) in [6, 6.07) is 16.0. The first-order valence-corrected chi connectivity index (χ1v) is 8.14. The highest BCUT2D eigenvalue weighted by atomic mass is 16.7. The van der Waals surface area contributed by atoms with Gasteiger partial charge >= 0.3 is 12.0 Å². The van der Waals surface area contributed by atoms with E-state index in [0.29, 0.717) is 13.2 Å². The van der Waals surface area contributed by atoms with Crippen molar-refractivity contribution in [1.82, 2.24) is 9.96 Å². The molecule has 2 bridgehead atoms. The van der Waals surface area contributed by atoms with Gasteiger partial charge in [-0.2, -0.15) is 5.06 Å². The van der Waals surface area contributed by atoms with Crippen molar-refractivity contribution in [3.8, 4) is 0 Å². The molecule has 4 rings (SSSR count). The zero-order valence-corrected chi connectivity index (χ0v) is 13.8. The molecule has 1 saturated heterocycles. The van der Waals surface area contributed by atoms with Gasteiger partial charge < -0.3 is 9.64 Å². The van der Waals surface area contributed by atoms with E-state index in [9.17, 15) is 9.59 Å². The standard InChI is InChI=1S/C19H18N2O4/c1-24-18(22)17-15-10-6-5-9-14(15)16-11-20(17)19(23)21(16)25-12-13-7-3-2-4-8-13/h2-10,16-17H,11-12H2,1H3/t16-,17+/m0/s1. The zero-order chi connectivity index (χ0) is 17.4. The molecule has 128 valence electrons. The van der Waals surface area contributed by atoms with Gasteiger partial charge in [0.1, 0.15) is 12.6 Å². The van der Waals surface area contributed by atoms with Crippen LogP contribution in [-0.4, -0.2) is 35.6 Å². The van der Waals surface area contributed by atoms with E-state index >= 15 is 0 Å². The molecule has 2 heterocycles. The van der Waals surface area contributed by atoms with E-state index in [1.54, 1.807) is 0 Å². The Morgan fingerprint density at radius 3 is 2.48 bits per heavy atom. The maximum atomic E-state index is 12.8. The molecular weight excluding hydrogens is 320 g/mol. The SMILES string of the molecule is COC(=O)[C@H]1c2ccccc2[C@@H]2CN1C(=O)N2OCc1ccccc1. The minimum Gasteiger partial charge on any atom is -0.467 e. The molecule has 2 atom stereocenters. The van der Waals surface area contributed by atoms with Gasteiger partial charge in [0, 0.05) is 0 Å². The van der Waals surface area contributed by atoms with Gasteiger partial charge in [0.2, 0.25) is 0 Å². The molecule has 2 aliphatic rings. The van der Waals surface area contributed by atoms with Gasteiger partial charge in [-0.3, -0.25) is 4.84 Å². The van der Waals surface area contributed by atoms with Crippen LogP contribution >= 0.6 is 0 Å². The molecule has 2 aromatic carbocycles. The van der Waals surface area contributed by atoms with Crippen LogP contribution in [0.4, 0.5) is 4.79 Å². The number of rotatable bonds is 4. The Kier molecular flexibility index (Phi) is 3.89. The van der Waals surface area contributed by atoms with Crippen LogP contribution in [0.3, 0.4) is 0 Å². The van der Waals surface area contributed by atoms with Crippen molar-refractivity contribution in [3.05, 3.63) is 71.3 Å². The number of benzene rings is 2. The molecule has 0 saturated carbocycles. The highest BCUT2D eigenvalue weighted by molar-refractivity contribution is 5.88. The van der Waals surface area contributed by atoms with Crippen molar-refractivity contribution in [2.45, 2.75) is 18.7 Å². The van der Waals surface area contributed by atoms with Crippen LogP contribution in [0.5, 0.6) is 0 Å². The van der Waals surface area contributed by atoms with Crippen LogP contribution in [0, 0.1) is 0 Å². The van der Waals surface area contributed by atoms with E-state index in [2.05, 4.69) is 0 Å². The molecule has 0 aliphatic carbocycles. The minimum absolute atomic E-state index is 0.228. The van der Waals surface area contributed by atoms with Gasteiger partial charge in [-0.25, -0.2) is 9.59 Å². The van der Waals surface area contributed by atoms with E-state index in [1.165, 1.54) is 17.1 Å². The number of urea groups is 1. The molecule has 2 aliphatic heterocycles. The number of ether oxygens (including phenoxy) is 1. The number of carbonyl (C=O) groups excluding carboxylic acids is 2. The highest BCUT2D eigenvalue weighted by Crippen LogP contribution is 2.44. The molecule has 2 amide bonds. The predicted octanol–water partition coefficient (Wildman–Crippen LogP) is 2.82. The largest absolute Gasteiger partial charge is 0.467 e. The van der Waals surface area contributed by atoms with Gasteiger partial charge in [-0.1, -0.05) is 54.6 Å². The van der Waals surface area contributed by atoms with E-state index in [0.717, 1.165) is 16.7 Å². The fourth-order valence-electron chi connectivity index (χ4n) is 3.50. The molecule has 0 aromatic heterocycles. The first-order valence-electron chi connectivity index (χ1n) is 8.14. The van der Waals surface area contributed by atoms with Crippen LogP contribution in [0.1, 0.15) is 28.8 Å². The first-order chi connectivity index (χ1) is 12.2. The maximum Gasteiger partial charge on any atom is 0.345 e. The van der Waals surface area contributed by atoms with E-state index in [4.69, 9.17) is 9.57 Å². The summed E-state index contributed by atoms with van der Waals surface area (Å²) in [5.74, 6) is -0.441. The Labute approximate surface area is 145 Å². The lowest BCUT2D eigenvalue weighted by atomic mass is 9.91. The van der Waals surface area contributed by atoms with Crippen LogP contribution in [-0.2, 0) is 21.0 Å². The summed E-state index contributed by atoms with van der Waals surface area (Å²) in [7, 11) is 1.33. The first kappa shape index (κ1) is 15.7. The summed E-state index contributed by atoms with van der Waals surface area (Å²) in [5.41, 5.74) is 2.70. The molecular formula is C19H18N2O4. The summed E-state index contributed by atoms with van der Waals surface area (Å²) in [4.78, 5) is 32.4. The van der Waals surface area contributed by atoms with Gasteiger partial charge in [0.25, 0.3) is 0 Å². The molecule has 6 nitrogen and oxygen atoms in total. The second kappa shape index (κ2) is 6.22. The summed E-state index contributed by atoms with van der Waals surface area (Å²) >= 11 is 0. The van der Waals surface area contributed by atoms with Gasteiger partial charge in [0.15, 0.2) is 6.04 Å². The van der Waals surface area contributed by atoms with Crippen LogP contribution in [0.15, 0.2) is 54.6 Å². The van der Waals surface area contributed by atoms with Crippen LogP contribution in [0.25, 0.3) is 0 Å². The van der Waals surface area contributed by atoms with Crippen molar-refractivity contribution >= 4 is 12.0 Å². The third-order valence-electron chi connectivity index (χ3n) is 4.69. The molecule has 6 heteroatoms. The molecule has 0 radical (unpaired) electrons. The number of nitrogens with zero attached hydrogens (tertiary/aromatic N) is 2. The Bertz CT molecular complexity index is 808. The summed E-state index contributed by atoms with van der Waals surface area (Å²) in [6.07, 6.45) is 0. The molecule has 25 heavy (non-hydrogen) atoms. The van der Waals surface area contributed by atoms with Gasteiger partial charge in [-0.15, -0.1) is 0 Å². The monoisotopic (exact) mass is 338 g/mol. The number of hydrogen-bond donors (Lipinski definition) is 0. The van der Waals surface area contributed by atoms with E-state index in [1.807, 2.05) is 54.6 Å². The molecule has 2 aromatic rings. The topological polar surface area (TPSA) is 59.1 Å². The molecule has 1 fully saturated rings. The van der Waals surface area contributed by atoms with Crippen molar-refractivity contribution in [2.24, 2.45) is 0 Å². The highest BCUT2D eigenvalue weighted by Gasteiger charge is 2.51. The number of esters is 1. The predicted molar refractivity (Wildman–Crippen MR) is 89.1 cm³/mol. The number of amides is 2. The zero-order valence-electron chi connectivity index (χ0n) is 13.8. The summed E-state index contributed by atoms with van der Waals surface area (Å²) in [5, 5.41) is 1.38. The Balaban J connectivity index is 1.65. The summed E-state index contributed by atoms with van der Waals surface area (Å²) in [6.45, 7) is 0.701. The number of hydrogen-bond acceptors (Lipinski definition) is 4. The van der Waals surface area contributed by atoms with Crippen molar-refractivity contribution in [3.63, 3.8) is 0 Å². The third-order valence-corrected chi connectivity index (χ3v) is 4.69. The van der Waals surface area contributed by atoms with Gasteiger partial charge in [0.05, 0.1) is 13.7 Å². The summed E-state index contributed by atoms with van der Waals surface area (Å²) < 4.78 is 4.92. The van der Waals surface area contributed by atoms with Crippen molar-refractivity contribution < 1.29 is 19.2 Å². The lowest BCUT2D eigenvalue weighted by Gasteiger charge is -2.30. The lowest BCUT2D eigenvalue weighted by Crippen LogP contribution is -2.39. The normalized spacial score (nSPS) is 21.2. The Morgan fingerprint density at radius 2 is 1.76 bits per heavy atom.